The fourth-order valence-electron chi connectivity index (χ4n) is 2.35. The molecular weight excluding hydrogens is 266 g/mol. The molecule has 84 valence electrons. The van der Waals surface area contributed by atoms with Gasteiger partial charge in [-0.1, -0.05) is 15.9 Å². The van der Waals surface area contributed by atoms with Gasteiger partial charge in [0.1, 0.15) is 5.82 Å². The van der Waals surface area contributed by atoms with Crippen molar-refractivity contribution < 1.29 is 0 Å². The summed E-state index contributed by atoms with van der Waals surface area (Å²) in [7, 11) is 0. The smallest absolute Gasteiger partial charge is 0.124 e. The third kappa shape index (κ3) is 1.66. The molecule has 0 aliphatic carbocycles. The second-order valence-electron chi connectivity index (χ2n) is 4.39. The highest BCUT2D eigenvalue weighted by molar-refractivity contribution is 9.10. The van der Waals surface area contributed by atoms with Gasteiger partial charge < -0.3 is 10.3 Å². The number of fused-ring (bicyclic) bond motifs is 1. The Bertz CT molecular complexity index is 526. The Labute approximate surface area is 103 Å². The monoisotopic (exact) mass is 279 g/mol. The predicted octanol–water partition coefficient (Wildman–Crippen LogP) is 3.06. The number of benzene rings is 1. The van der Waals surface area contributed by atoms with E-state index in [9.17, 15) is 0 Å². The number of hydrogen-bond acceptors (Lipinski definition) is 2. The lowest BCUT2D eigenvalue weighted by atomic mass is 10.2. The first-order chi connectivity index (χ1) is 7.74. The maximum atomic E-state index is 4.70. The van der Waals surface area contributed by atoms with E-state index in [0.29, 0.717) is 6.04 Å². The molecule has 16 heavy (non-hydrogen) atoms. The normalized spacial score (nSPS) is 20.8. The van der Waals surface area contributed by atoms with Crippen molar-refractivity contribution in [3.8, 4) is 0 Å². The molecule has 1 aromatic carbocycles. The van der Waals surface area contributed by atoms with Crippen molar-refractivity contribution >= 4 is 27.0 Å². The first kappa shape index (κ1) is 10.3. The molecule has 1 unspecified atom stereocenters. The van der Waals surface area contributed by atoms with Crippen LogP contribution in [0.2, 0.25) is 0 Å². The zero-order valence-corrected chi connectivity index (χ0v) is 10.8. The lowest BCUT2D eigenvalue weighted by Crippen LogP contribution is -2.14. The average Bonchev–Trinajstić information content (AvgIpc) is 2.82. The van der Waals surface area contributed by atoms with E-state index in [-0.39, 0.29) is 0 Å². The quantitative estimate of drug-likeness (QED) is 0.843. The zero-order valence-electron chi connectivity index (χ0n) is 9.18. The van der Waals surface area contributed by atoms with Crippen LogP contribution in [0.5, 0.6) is 0 Å². The number of hydrogen-bond donors (Lipinski definition) is 2. The summed E-state index contributed by atoms with van der Waals surface area (Å²) in [5, 5.41) is 3.46. The Hall–Kier alpha value is -0.870. The van der Waals surface area contributed by atoms with Crippen LogP contribution in [0.1, 0.15) is 30.3 Å². The first-order valence-corrected chi connectivity index (χ1v) is 6.42. The molecule has 0 amide bonds. The third-order valence-electron chi connectivity index (χ3n) is 3.15. The van der Waals surface area contributed by atoms with Crippen molar-refractivity contribution in [1.29, 1.82) is 0 Å². The molecule has 4 heteroatoms. The maximum Gasteiger partial charge on any atom is 0.124 e. The van der Waals surface area contributed by atoms with E-state index in [4.69, 9.17) is 4.98 Å². The molecule has 2 heterocycles. The summed E-state index contributed by atoms with van der Waals surface area (Å²) < 4.78 is 1.10. The average molecular weight is 280 g/mol. The Morgan fingerprint density at radius 1 is 1.44 bits per heavy atom. The van der Waals surface area contributed by atoms with Gasteiger partial charge in [-0.3, -0.25) is 0 Å². The van der Waals surface area contributed by atoms with Crippen LogP contribution in [0.3, 0.4) is 0 Å². The number of nitrogens with one attached hydrogen (secondary N) is 2. The number of halogens is 1. The van der Waals surface area contributed by atoms with Crippen LogP contribution in [-0.4, -0.2) is 16.5 Å². The van der Waals surface area contributed by atoms with Gasteiger partial charge in [0.05, 0.1) is 17.1 Å². The van der Waals surface area contributed by atoms with E-state index >= 15 is 0 Å². The summed E-state index contributed by atoms with van der Waals surface area (Å²) >= 11 is 3.51. The molecule has 1 aromatic heterocycles. The van der Waals surface area contributed by atoms with Crippen LogP contribution in [0.25, 0.3) is 11.0 Å². The highest BCUT2D eigenvalue weighted by atomic mass is 79.9. The molecule has 1 aliphatic rings. The Kier molecular flexibility index (Phi) is 2.48. The van der Waals surface area contributed by atoms with E-state index in [0.717, 1.165) is 27.9 Å². The lowest BCUT2D eigenvalue weighted by molar-refractivity contribution is 0.614. The number of imidazole rings is 1. The van der Waals surface area contributed by atoms with E-state index in [1.54, 1.807) is 0 Å². The number of aromatic nitrogens is 2. The largest absolute Gasteiger partial charge is 0.341 e. The van der Waals surface area contributed by atoms with Crippen LogP contribution in [-0.2, 0) is 0 Å². The molecule has 0 bridgehead atoms. The number of aromatic amines is 1. The van der Waals surface area contributed by atoms with Crippen LogP contribution < -0.4 is 5.32 Å². The number of nitrogens with zero attached hydrogens (tertiary/aromatic N) is 1. The van der Waals surface area contributed by atoms with Gasteiger partial charge in [-0.25, -0.2) is 4.98 Å². The fourth-order valence-corrected chi connectivity index (χ4v) is 2.92. The van der Waals surface area contributed by atoms with Crippen LogP contribution >= 0.6 is 15.9 Å². The molecule has 0 spiro atoms. The summed E-state index contributed by atoms with van der Waals surface area (Å²) in [6, 6.07) is 4.61. The third-order valence-corrected chi connectivity index (χ3v) is 3.61. The summed E-state index contributed by atoms with van der Waals surface area (Å²) in [5.74, 6) is 1.08. The van der Waals surface area contributed by atoms with Crippen molar-refractivity contribution in [3.63, 3.8) is 0 Å². The molecule has 1 aliphatic heterocycles. The second kappa shape index (κ2) is 3.86. The van der Waals surface area contributed by atoms with Gasteiger partial charge >= 0.3 is 0 Å². The zero-order chi connectivity index (χ0) is 11.1. The van der Waals surface area contributed by atoms with Crippen LogP contribution in [0.15, 0.2) is 16.6 Å². The molecule has 2 N–H and O–H groups in total. The van der Waals surface area contributed by atoms with E-state index < -0.39 is 0 Å². The maximum absolute atomic E-state index is 4.70. The van der Waals surface area contributed by atoms with Gasteiger partial charge in [0.2, 0.25) is 0 Å². The van der Waals surface area contributed by atoms with Crippen LogP contribution in [0.4, 0.5) is 0 Å². The van der Waals surface area contributed by atoms with Crippen LogP contribution in [0, 0.1) is 6.92 Å². The molecule has 0 saturated carbocycles. The second-order valence-corrected chi connectivity index (χ2v) is 5.31. The molecule has 1 saturated heterocycles. The van der Waals surface area contributed by atoms with Gasteiger partial charge in [-0.15, -0.1) is 0 Å². The SMILES string of the molecule is Cc1cc(Br)cc2[nH]c(C3CCCN3)nc12. The minimum Gasteiger partial charge on any atom is -0.341 e. The number of aryl methyl sites for hydroxylation is 1. The number of H-pyrrole nitrogens is 1. The number of rotatable bonds is 1. The standard InChI is InChI=1S/C12H14BrN3/c1-7-5-8(13)6-10-11(7)16-12(15-10)9-3-2-4-14-9/h5-6,9,14H,2-4H2,1H3,(H,15,16). The summed E-state index contributed by atoms with van der Waals surface area (Å²) in [6.45, 7) is 3.20. The Balaban J connectivity index is 2.11. The highest BCUT2D eigenvalue weighted by Crippen LogP contribution is 2.26. The van der Waals surface area contributed by atoms with Gasteiger partial charge in [0.25, 0.3) is 0 Å². The summed E-state index contributed by atoms with van der Waals surface area (Å²) in [5.41, 5.74) is 3.42. The Morgan fingerprint density at radius 3 is 3.06 bits per heavy atom. The first-order valence-electron chi connectivity index (χ1n) is 5.63. The molecule has 3 nitrogen and oxygen atoms in total. The molecule has 2 aromatic rings. The van der Waals surface area contributed by atoms with Crippen molar-refractivity contribution in [3.05, 3.63) is 28.0 Å². The summed E-state index contributed by atoms with van der Waals surface area (Å²) in [6.07, 6.45) is 2.42. The molecule has 1 fully saturated rings. The van der Waals surface area contributed by atoms with Gasteiger partial charge in [0.15, 0.2) is 0 Å². The minimum absolute atomic E-state index is 0.408. The minimum atomic E-state index is 0.408. The lowest BCUT2D eigenvalue weighted by Gasteiger charge is -2.04. The fraction of sp³-hybridized carbons (Fsp3) is 0.417. The van der Waals surface area contributed by atoms with Gasteiger partial charge in [-0.2, -0.15) is 0 Å². The van der Waals surface area contributed by atoms with Crippen molar-refractivity contribution in [2.45, 2.75) is 25.8 Å². The topological polar surface area (TPSA) is 40.7 Å². The predicted molar refractivity (Wildman–Crippen MR) is 68.5 cm³/mol. The molecule has 1 atom stereocenters. The van der Waals surface area contributed by atoms with E-state index in [1.807, 2.05) is 0 Å². The summed E-state index contributed by atoms with van der Waals surface area (Å²) in [4.78, 5) is 8.11. The van der Waals surface area contributed by atoms with Crippen molar-refractivity contribution in [2.24, 2.45) is 0 Å². The molecule has 3 rings (SSSR count). The molecule has 0 radical (unpaired) electrons. The highest BCUT2D eigenvalue weighted by Gasteiger charge is 2.19. The van der Waals surface area contributed by atoms with Crippen molar-refractivity contribution in [1.82, 2.24) is 15.3 Å². The van der Waals surface area contributed by atoms with E-state index in [2.05, 4.69) is 45.3 Å². The van der Waals surface area contributed by atoms with Gasteiger partial charge in [0, 0.05) is 4.47 Å². The van der Waals surface area contributed by atoms with Gasteiger partial charge in [-0.05, 0) is 44.0 Å². The van der Waals surface area contributed by atoms with E-state index in [1.165, 1.54) is 18.4 Å². The Morgan fingerprint density at radius 2 is 2.31 bits per heavy atom. The molecular formula is C12H14BrN3. The van der Waals surface area contributed by atoms with Crippen molar-refractivity contribution in [2.75, 3.05) is 6.54 Å².